The zero-order valence-electron chi connectivity index (χ0n) is 8.67. The third-order valence-corrected chi connectivity index (χ3v) is 1.16. The third kappa shape index (κ3) is 15.6. The Morgan fingerprint density at radius 2 is 1.60 bits per heavy atom. The van der Waals surface area contributed by atoms with Crippen molar-refractivity contribution in [1.29, 1.82) is 0 Å². The van der Waals surface area contributed by atoms with E-state index in [4.69, 9.17) is 30.0 Å². The quantitative estimate of drug-likeness (QED) is 0.367. The molecule has 0 aliphatic heterocycles. The molecule has 0 bridgehead atoms. The summed E-state index contributed by atoms with van der Waals surface area (Å²) >= 11 is 0. The minimum atomic E-state index is -1.82. The number of aliphatic hydroxyl groups is 2. The number of aliphatic hydroxyl groups excluding tert-OH is 2. The fraction of sp³-hybridized carbons (Fsp3) is 0.750. The molecular weight excluding hydrogens is 206 g/mol. The Balaban J connectivity index is 0. The summed E-state index contributed by atoms with van der Waals surface area (Å²) in [6.07, 6.45) is -0.618. The van der Waals surface area contributed by atoms with Gasteiger partial charge in [0.05, 0.1) is 12.7 Å². The molecular formula is C8H17NO6. The number of aliphatic carboxylic acids is 2. The zero-order valence-corrected chi connectivity index (χ0v) is 8.67. The van der Waals surface area contributed by atoms with Crippen LogP contribution in [0.25, 0.3) is 0 Å². The van der Waals surface area contributed by atoms with Gasteiger partial charge in [0.1, 0.15) is 0 Å². The van der Waals surface area contributed by atoms with Crippen molar-refractivity contribution in [3.05, 3.63) is 0 Å². The molecule has 0 heterocycles. The van der Waals surface area contributed by atoms with E-state index in [1.165, 1.54) is 0 Å². The van der Waals surface area contributed by atoms with Crippen LogP contribution in [0.5, 0.6) is 0 Å². The molecule has 0 rings (SSSR count). The minimum Gasteiger partial charge on any atom is -0.473 e. The van der Waals surface area contributed by atoms with Crippen molar-refractivity contribution in [1.82, 2.24) is 5.32 Å². The average molecular weight is 223 g/mol. The maximum absolute atomic E-state index is 9.10. The molecule has 0 saturated carbocycles. The topological polar surface area (TPSA) is 127 Å². The van der Waals surface area contributed by atoms with E-state index in [1.54, 1.807) is 0 Å². The Labute approximate surface area is 87.3 Å². The third-order valence-electron chi connectivity index (χ3n) is 1.16. The van der Waals surface area contributed by atoms with Crippen LogP contribution in [0.3, 0.4) is 0 Å². The number of rotatable bonds is 4. The highest BCUT2D eigenvalue weighted by Crippen LogP contribution is 1.80. The standard InChI is InChI=1S/C6H15NO2.C2H2O4/c1-5(2)7-3-6(9)4-8;3-1(4)2(5)6/h5-9H,3-4H2,1-2H3;(H,3,4)(H,5,6). The van der Waals surface area contributed by atoms with Crippen LogP contribution >= 0.6 is 0 Å². The van der Waals surface area contributed by atoms with Gasteiger partial charge in [0.2, 0.25) is 0 Å². The number of carboxylic acids is 2. The van der Waals surface area contributed by atoms with Gasteiger partial charge < -0.3 is 25.7 Å². The molecule has 0 radical (unpaired) electrons. The van der Waals surface area contributed by atoms with Crippen molar-refractivity contribution in [3.63, 3.8) is 0 Å². The number of hydrogen-bond donors (Lipinski definition) is 5. The van der Waals surface area contributed by atoms with Crippen LogP contribution in [0, 0.1) is 0 Å². The van der Waals surface area contributed by atoms with E-state index >= 15 is 0 Å². The molecule has 0 fully saturated rings. The number of hydrogen-bond acceptors (Lipinski definition) is 5. The number of carboxylic acid groups (broad SMARTS) is 2. The average Bonchev–Trinajstić information content (AvgIpc) is 2.14. The van der Waals surface area contributed by atoms with E-state index in [1.807, 2.05) is 13.8 Å². The summed E-state index contributed by atoms with van der Waals surface area (Å²) in [6, 6.07) is 0.367. The van der Waals surface area contributed by atoms with Crippen molar-refractivity contribution in [3.8, 4) is 0 Å². The first-order valence-electron chi connectivity index (χ1n) is 4.29. The first kappa shape index (κ1) is 16.3. The lowest BCUT2D eigenvalue weighted by molar-refractivity contribution is -0.159. The minimum absolute atomic E-state index is 0.167. The summed E-state index contributed by atoms with van der Waals surface area (Å²) < 4.78 is 0. The van der Waals surface area contributed by atoms with Crippen LogP contribution in [-0.4, -0.2) is 57.7 Å². The molecule has 1 unspecified atom stereocenters. The van der Waals surface area contributed by atoms with Gasteiger partial charge in [-0.05, 0) is 0 Å². The van der Waals surface area contributed by atoms with Gasteiger partial charge in [-0.2, -0.15) is 0 Å². The SMILES string of the molecule is CC(C)NCC(O)CO.O=C(O)C(=O)O. The molecule has 0 aliphatic carbocycles. The van der Waals surface area contributed by atoms with E-state index in [0.717, 1.165) is 0 Å². The molecule has 0 aromatic carbocycles. The Morgan fingerprint density at radius 1 is 1.20 bits per heavy atom. The zero-order chi connectivity index (χ0) is 12.4. The summed E-state index contributed by atoms with van der Waals surface area (Å²) in [5, 5.41) is 34.9. The smallest absolute Gasteiger partial charge is 0.414 e. The van der Waals surface area contributed by atoms with E-state index in [-0.39, 0.29) is 6.61 Å². The van der Waals surface area contributed by atoms with Gasteiger partial charge in [-0.1, -0.05) is 13.8 Å². The highest BCUT2D eigenvalue weighted by Gasteiger charge is 2.04. The van der Waals surface area contributed by atoms with Crippen molar-refractivity contribution in [2.45, 2.75) is 26.0 Å². The number of carbonyl (C=O) groups is 2. The molecule has 0 amide bonds. The maximum atomic E-state index is 9.10. The second-order valence-corrected chi connectivity index (χ2v) is 3.01. The van der Waals surface area contributed by atoms with Gasteiger partial charge >= 0.3 is 11.9 Å². The lowest BCUT2D eigenvalue weighted by Crippen LogP contribution is -2.33. The van der Waals surface area contributed by atoms with Crippen LogP contribution in [-0.2, 0) is 9.59 Å². The van der Waals surface area contributed by atoms with Gasteiger partial charge in [0.25, 0.3) is 0 Å². The number of nitrogens with one attached hydrogen (secondary N) is 1. The highest BCUT2D eigenvalue weighted by molar-refractivity contribution is 6.27. The molecule has 7 nitrogen and oxygen atoms in total. The Kier molecular flexibility index (Phi) is 10.2. The first-order valence-corrected chi connectivity index (χ1v) is 4.29. The van der Waals surface area contributed by atoms with Crippen LogP contribution in [0.2, 0.25) is 0 Å². The summed E-state index contributed by atoms with van der Waals surface area (Å²) in [4.78, 5) is 18.2. The molecule has 7 heteroatoms. The second kappa shape index (κ2) is 9.38. The van der Waals surface area contributed by atoms with E-state index in [2.05, 4.69) is 5.32 Å². The summed E-state index contributed by atoms with van der Waals surface area (Å²) in [5.74, 6) is -3.65. The predicted molar refractivity (Wildman–Crippen MR) is 51.5 cm³/mol. The van der Waals surface area contributed by atoms with Crippen molar-refractivity contribution in [2.75, 3.05) is 13.2 Å². The van der Waals surface area contributed by atoms with E-state index in [0.29, 0.717) is 12.6 Å². The van der Waals surface area contributed by atoms with Crippen molar-refractivity contribution < 1.29 is 30.0 Å². The summed E-state index contributed by atoms with van der Waals surface area (Å²) in [7, 11) is 0. The first-order chi connectivity index (χ1) is 6.81. The molecule has 0 spiro atoms. The molecule has 0 saturated heterocycles. The largest absolute Gasteiger partial charge is 0.473 e. The van der Waals surface area contributed by atoms with Gasteiger partial charge in [0, 0.05) is 12.6 Å². The fourth-order valence-electron chi connectivity index (χ4n) is 0.436. The molecule has 1 atom stereocenters. The molecule has 15 heavy (non-hydrogen) atoms. The van der Waals surface area contributed by atoms with Gasteiger partial charge in [-0.3, -0.25) is 0 Å². The van der Waals surface area contributed by atoms with E-state index in [9.17, 15) is 0 Å². The van der Waals surface area contributed by atoms with Gasteiger partial charge in [0.15, 0.2) is 0 Å². The van der Waals surface area contributed by atoms with Crippen LogP contribution in [0.15, 0.2) is 0 Å². The Morgan fingerprint density at radius 3 is 1.80 bits per heavy atom. The summed E-state index contributed by atoms with van der Waals surface area (Å²) in [6.45, 7) is 4.28. The van der Waals surface area contributed by atoms with Gasteiger partial charge in [-0.25, -0.2) is 9.59 Å². The Bertz CT molecular complexity index is 182. The normalized spacial score (nSPS) is 11.5. The Hall–Kier alpha value is -1.18. The molecule has 0 aromatic heterocycles. The molecule has 0 aliphatic rings. The highest BCUT2D eigenvalue weighted by atomic mass is 16.4. The van der Waals surface area contributed by atoms with Crippen molar-refractivity contribution in [2.24, 2.45) is 0 Å². The molecule has 90 valence electrons. The van der Waals surface area contributed by atoms with Crippen LogP contribution in [0.1, 0.15) is 13.8 Å². The maximum Gasteiger partial charge on any atom is 0.414 e. The van der Waals surface area contributed by atoms with Crippen LogP contribution in [0.4, 0.5) is 0 Å². The van der Waals surface area contributed by atoms with E-state index < -0.39 is 18.0 Å². The van der Waals surface area contributed by atoms with Gasteiger partial charge in [-0.15, -0.1) is 0 Å². The van der Waals surface area contributed by atoms with Crippen molar-refractivity contribution >= 4 is 11.9 Å². The molecule has 5 N–H and O–H groups in total. The summed E-state index contributed by atoms with van der Waals surface area (Å²) in [5.41, 5.74) is 0. The lowest BCUT2D eigenvalue weighted by Gasteiger charge is -2.10. The predicted octanol–water partition coefficient (Wildman–Crippen LogP) is -1.51. The molecule has 0 aromatic rings. The van der Waals surface area contributed by atoms with Crippen LogP contribution < -0.4 is 5.32 Å². The lowest BCUT2D eigenvalue weighted by atomic mass is 10.3. The second-order valence-electron chi connectivity index (χ2n) is 3.01. The fourth-order valence-corrected chi connectivity index (χ4v) is 0.436. The monoisotopic (exact) mass is 223 g/mol.